The molecule has 0 radical (unpaired) electrons. The quantitative estimate of drug-likeness (QED) is 0.551. The second kappa shape index (κ2) is 7.67. The van der Waals surface area contributed by atoms with Gasteiger partial charge in [0.2, 0.25) is 0 Å². The highest BCUT2D eigenvalue weighted by molar-refractivity contribution is 5.74. The third-order valence-corrected chi connectivity index (χ3v) is 5.90. The van der Waals surface area contributed by atoms with Crippen LogP contribution >= 0.6 is 0 Å². The Kier molecular flexibility index (Phi) is 4.73. The van der Waals surface area contributed by atoms with E-state index in [9.17, 15) is 4.79 Å². The average Bonchev–Trinajstić information content (AvgIpc) is 3.38. The van der Waals surface area contributed by atoms with Crippen LogP contribution in [0.1, 0.15) is 24.5 Å². The molecule has 0 bridgehead atoms. The van der Waals surface area contributed by atoms with Crippen LogP contribution < -0.4 is 5.69 Å². The summed E-state index contributed by atoms with van der Waals surface area (Å²) in [5, 5.41) is 7.71. The molecule has 0 spiro atoms. The maximum atomic E-state index is 12.2. The lowest BCUT2D eigenvalue weighted by molar-refractivity contribution is 0.204. The molecule has 148 valence electrons. The normalized spacial score (nSPS) is 15.9. The van der Waals surface area contributed by atoms with E-state index in [-0.39, 0.29) is 5.69 Å². The maximum absolute atomic E-state index is 12.2. The van der Waals surface area contributed by atoms with Crippen molar-refractivity contribution < 1.29 is 0 Å². The largest absolute Gasteiger partial charge is 0.326 e. The molecule has 7 nitrogen and oxygen atoms in total. The van der Waals surface area contributed by atoms with E-state index in [1.54, 1.807) is 6.20 Å². The molecule has 0 amide bonds. The third-order valence-electron chi connectivity index (χ3n) is 5.90. The van der Waals surface area contributed by atoms with Crippen LogP contribution in [0.3, 0.4) is 0 Å². The zero-order valence-electron chi connectivity index (χ0n) is 16.2. The number of imidazole rings is 1. The number of para-hydroxylation sites is 2. The molecule has 4 aromatic rings. The standard InChI is InChI=1S/C22H24N6O/c29-22-24-18-5-1-2-6-21(18)28(22)13-12-27-10-7-16(8-11-27)19-14-20(26-25-19)17-4-3-9-23-15-17/h1-6,9,14-16H,7-8,10-13H2,(H,24,29)(H,25,26). The molecular formula is C22H24N6O. The van der Waals surface area contributed by atoms with E-state index in [1.807, 2.05) is 47.2 Å². The minimum Gasteiger partial charge on any atom is -0.306 e. The number of nitrogens with one attached hydrogen (secondary N) is 2. The summed E-state index contributed by atoms with van der Waals surface area (Å²) in [5.74, 6) is 0.476. The number of piperidine rings is 1. The minimum absolute atomic E-state index is 0.0273. The number of aromatic nitrogens is 5. The molecule has 1 fully saturated rings. The topological polar surface area (TPSA) is 82.6 Å². The van der Waals surface area contributed by atoms with Crippen molar-refractivity contribution in [2.75, 3.05) is 19.6 Å². The highest BCUT2D eigenvalue weighted by Gasteiger charge is 2.23. The van der Waals surface area contributed by atoms with Crippen LogP contribution in [0.15, 0.2) is 59.7 Å². The van der Waals surface area contributed by atoms with Gasteiger partial charge in [-0.3, -0.25) is 14.6 Å². The van der Waals surface area contributed by atoms with Gasteiger partial charge in [-0.25, -0.2) is 4.79 Å². The van der Waals surface area contributed by atoms with Crippen molar-refractivity contribution in [3.05, 3.63) is 71.0 Å². The van der Waals surface area contributed by atoms with Crippen LogP contribution in [0.25, 0.3) is 22.3 Å². The fourth-order valence-corrected chi connectivity index (χ4v) is 4.24. The number of fused-ring (bicyclic) bond motifs is 1. The third kappa shape index (κ3) is 3.61. The van der Waals surface area contributed by atoms with E-state index in [1.165, 1.54) is 0 Å². The fourth-order valence-electron chi connectivity index (χ4n) is 4.24. The first-order valence-electron chi connectivity index (χ1n) is 10.1. The van der Waals surface area contributed by atoms with Gasteiger partial charge in [0.25, 0.3) is 0 Å². The summed E-state index contributed by atoms with van der Waals surface area (Å²) >= 11 is 0. The molecule has 0 saturated carbocycles. The lowest BCUT2D eigenvalue weighted by Gasteiger charge is -2.31. The van der Waals surface area contributed by atoms with Gasteiger partial charge >= 0.3 is 5.69 Å². The van der Waals surface area contributed by atoms with Crippen LogP contribution in [0.2, 0.25) is 0 Å². The van der Waals surface area contributed by atoms with Crippen molar-refractivity contribution in [2.24, 2.45) is 0 Å². The Bertz CT molecular complexity index is 1150. The van der Waals surface area contributed by atoms with Crippen LogP contribution in [0.5, 0.6) is 0 Å². The molecular weight excluding hydrogens is 364 g/mol. The average molecular weight is 388 g/mol. The molecule has 1 aliphatic heterocycles. The maximum Gasteiger partial charge on any atom is 0.326 e. The smallest absolute Gasteiger partial charge is 0.306 e. The Hall–Kier alpha value is -3.19. The van der Waals surface area contributed by atoms with E-state index < -0.39 is 0 Å². The predicted octanol–water partition coefficient (Wildman–Crippen LogP) is 2.99. The molecule has 4 heterocycles. The summed E-state index contributed by atoms with van der Waals surface area (Å²) in [6, 6.07) is 14.0. The van der Waals surface area contributed by atoms with Crippen molar-refractivity contribution in [1.29, 1.82) is 0 Å². The van der Waals surface area contributed by atoms with Gasteiger partial charge in [-0.2, -0.15) is 5.10 Å². The van der Waals surface area contributed by atoms with Crippen molar-refractivity contribution in [2.45, 2.75) is 25.3 Å². The van der Waals surface area contributed by atoms with Crippen molar-refractivity contribution >= 4 is 11.0 Å². The number of rotatable bonds is 5. The molecule has 1 saturated heterocycles. The van der Waals surface area contributed by atoms with Gasteiger partial charge in [-0.05, 0) is 56.3 Å². The van der Waals surface area contributed by atoms with Crippen LogP contribution in [0.4, 0.5) is 0 Å². The summed E-state index contributed by atoms with van der Waals surface area (Å²) in [7, 11) is 0. The summed E-state index contributed by atoms with van der Waals surface area (Å²) in [4.78, 5) is 21.8. The molecule has 1 aromatic carbocycles. The lowest BCUT2D eigenvalue weighted by Crippen LogP contribution is -2.36. The van der Waals surface area contributed by atoms with Crippen LogP contribution in [-0.4, -0.2) is 49.3 Å². The zero-order valence-corrected chi connectivity index (χ0v) is 16.2. The molecule has 0 unspecified atom stereocenters. The molecule has 0 aliphatic carbocycles. The van der Waals surface area contributed by atoms with E-state index in [0.717, 1.165) is 60.5 Å². The van der Waals surface area contributed by atoms with Crippen molar-refractivity contribution in [1.82, 2.24) is 29.6 Å². The van der Waals surface area contributed by atoms with Gasteiger partial charge in [0.1, 0.15) is 0 Å². The van der Waals surface area contributed by atoms with Gasteiger partial charge in [0, 0.05) is 37.0 Å². The Balaban J connectivity index is 1.19. The SMILES string of the molecule is O=c1[nH]c2ccccc2n1CCN1CCC(c2cc(-c3cccnc3)[nH]n2)CC1. The molecule has 7 heteroatoms. The summed E-state index contributed by atoms with van der Waals surface area (Å²) in [5.41, 5.74) is 5.07. The summed E-state index contributed by atoms with van der Waals surface area (Å²) < 4.78 is 1.84. The van der Waals surface area contributed by atoms with Crippen molar-refractivity contribution in [3.8, 4) is 11.3 Å². The number of nitrogens with zero attached hydrogens (tertiary/aromatic N) is 4. The zero-order chi connectivity index (χ0) is 19.6. The van der Waals surface area contributed by atoms with E-state index >= 15 is 0 Å². The van der Waals surface area contributed by atoms with E-state index in [0.29, 0.717) is 12.5 Å². The highest BCUT2D eigenvalue weighted by Crippen LogP contribution is 2.29. The van der Waals surface area contributed by atoms with Gasteiger partial charge in [0.05, 0.1) is 22.4 Å². The van der Waals surface area contributed by atoms with Gasteiger partial charge in [-0.15, -0.1) is 0 Å². The van der Waals surface area contributed by atoms with Crippen LogP contribution in [0, 0.1) is 0 Å². The highest BCUT2D eigenvalue weighted by atomic mass is 16.1. The number of hydrogen-bond donors (Lipinski definition) is 2. The second-order valence-electron chi connectivity index (χ2n) is 7.66. The Morgan fingerprint density at radius 3 is 2.76 bits per heavy atom. The van der Waals surface area contributed by atoms with Crippen LogP contribution in [-0.2, 0) is 6.54 Å². The number of aromatic amines is 2. The van der Waals surface area contributed by atoms with Gasteiger partial charge < -0.3 is 9.88 Å². The molecule has 29 heavy (non-hydrogen) atoms. The molecule has 2 N–H and O–H groups in total. The Morgan fingerprint density at radius 1 is 1.07 bits per heavy atom. The lowest BCUT2D eigenvalue weighted by atomic mass is 9.93. The molecule has 1 aliphatic rings. The van der Waals surface area contributed by atoms with Crippen molar-refractivity contribution in [3.63, 3.8) is 0 Å². The number of likely N-dealkylation sites (tertiary alicyclic amines) is 1. The monoisotopic (exact) mass is 388 g/mol. The first-order chi connectivity index (χ1) is 14.3. The molecule has 0 atom stereocenters. The fraction of sp³-hybridized carbons (Fsp3) is 0.318. The first-order valence-corrected chi connectivity index (χ1v) is 10.1. The number of benzene rings is 1. The number of hydrogen-bond acceptors (Lipinski definition) is 4. The van der Waals surface area contributed by atoms with Gasteiger partial charge in [-0.1, -0.05) is 12.1 Å². The number of H-pyrrole nitrogens is 2. The number of pyridine rings is 1. The second-order valence-corrected chi connectivity index (χ2v) is 7.66. The van der Waals surface area contributed by atoms with E-state index in [4.69, 9.17) is 0 Å². The minimum atomic E-state index is -0.0273. The predicted molar refractivity (Wildman–Crippen MR) is 113 cm³/mol. The Morgan fingerprint density at radius 2 is 1.93 bits per heavy atom. The molecule has 5 rings (SSSR count). The molecule has 3 aromatic heterocycles. The summed E-state index contributed by atoms with van der Waals surface area (Å²) in [6.07, 6.45) is 5.80. The summed E-state index contributed by atoms with van der Waals surface area (Å²) in [6.45, 7) is 3.64. The Labute approximate surface area is 168 Å². The van der Waals surface area contributed by atoms with E-state index in [2.05, 4.69) is 31.1 Å². The first kappa shape index (κ1) is 17.9. The van der Waals surface area contributed by atoms with Gasteiger partial charge in [0.15, 0.2) is 0 Å².